The molecule has 9 heteroatoms. The molecule has 0 radical (unpaired) electrons. The van der Waals surface area contributed by atoms with Crippen molar-refractivity contribution in [2.45, 2.75) is 0 Å². The van der Waals surface area contributed by atoms with E-state index in [4.69, 9.17) is 20.1 Å². The number of carbonyl (C=O) groups excluding carboxylic acids is 2. The Morgan fingerprint density at radius 2 is 1.84 bits per heavy atom. The molecule has 0 unspecified atom stereocenters. The maximum Gasteiger partial charge on any atom is 0.321 e. The molecule has 112 valence electrons. The monoisotopic (exact) mass is 296 g/mol. The van der Waals surface area contributed by atoms with Crippen molar-refractivity contribution in [2.75, 3.05) is 51.9 Å². The van der Waals surface area contributed by atoms with Gasteiger partial charge < -0.3 is 25.4 Å². The Morgan fingerprint density at radius 3 is 2.42 bits per heavy atom. The number of nitrogens with zero attached hydrogens (tertiary/aromatic N) is 1. The van der Waals surface area contributed by atoms with Crippen molar-refractivity contribution < 1.29 is 29.6 Å². The molecule has 0 saturated carbocycles. The van der Waals surface area contributed by atoms with Crippen molar-refractivity contribution >= 4 is 23.8 Å². The molecule has 8 nitrogen and oxygen atoms in total. The van der Waals surface area contributed by atoms with Crippen LogP contribution in [0.2, 0.25) is 0 Å². The molecule has 0 atom stereocenters. The van der Waals surface area contributed by atoms with Crippen molar-refractivity contribution in [3.63, 3.8) is 0 Å². The van der Waals surface area contributed by atoms with Crippen LogP contribution >= 0.6 is 11.9 Å². The minimum atomic E-state index is -0.828. The van der Waals surface area contributed by atoms with Crippen LogP contribution in [0.25, 0.3) is 0 Å². The van der Waals surface area contributed by atoms with Gasteiger partial charge in [0.2, 0.25) is 0 Å². The lowest BCUT2D eigenvalue weighted by Crippen LogP contribution is -2.42. The molecule has 19 heavy (non-hydrogen) atoms. The summed E-state index contributed by atoms with van der Waals surface area (Å²) in [6, 6.07) is 0. The molecule has 4 N–H and O–H groups in total. The fourth-order valence-electron chi connectivity index (χ4n) is 1.05. The normalized spacial score (nSPS) is 10.3. The van der Waals surface area contributed by atoms with Gasteiger partial charge >= 0.3 is 11.8 Å². The number of aliphatic hydroxyl groups excluding tert-OH is 3. The molecule has 0 aromatic rings. The van der Waals surface area contributed by atoms with Crippen LogP contribution in [0.3, 0.4) is 0 Å². The van der Waals surface area contributed by atoms with E-state index < -0.39 is 11.8 Å². The van der Waals surface area contributed by atoms with E-state index in [9.17, 15) is 9.59 Å². The Bertz CT molecular complexity index is 266. The number of hydrogen-bond acceptors (Lipinski definition) is 7. The average Bonchev–Trinajstić information content (AvgIpc) is 2.42. The summed E-state index contributed by atoms with van der Waals surface area (Å²) in [5.41, 5.74) is 0. The van der Waals surface area contributed by atoms with E-state index in [-0.39, 0.29) is 39.5 Å². The molecule has 0 aromatic heterocycles. The first-order valence-electron chi connectivity index (χ1n) is 5.80. The van der Waals surface area contributed by atoms with Crippen LogP contribution in [-0.2, 0) is 14.3 Å². The van der Waals surface area contributed by atoms with Gasteiger partial charge in [-0.25, -0.2) is 0 Å². The van der Waals surface area contributed by atoms with Crippen LogP contribution in [0.4, 0.5) is 0 Å². The predicted molar refractivity (Wildman–Crippen MR) is 69.3 cm³/mol. The molecular weight excluding hydrogens is 276 g/mol. The van der Waals surface area contributed by atoms with Gasteiger partial charge in [-0.1, -0.05) is 0 Å². The molecule has 0 heterocycles. The first-order chi connectivity index (χ1) is 9.17. The predicted octanol–water partition coefficient (Wildman–Crippen LogP) is -2.43. The van der Waals surface area contributed by atoms with Crippen LogP contribution < -0.4 is 5.32 Å². The van der Waals surface area contributed by atoms with E-state index in [1.807, 2.05) is 0 Å². The summed E-state index contributed by atoms with van der Waals surface area (Å²) in [5, 5.41) is 28.1. The van der Waals surface area contributed by atoms with E-state index in [0.29, 0.717) is 12.4 Å². The number of hydrogen-bond donors (Lipinski definition) is 4. The number of rotatable bonds is 10. The number of aliphatic hydroxyl groups is 3. The zero-order valence-corrected chi connectivity index (χ0v) is 11.4. The Hall–Kier alpha value is -0.870. The zero-order chi connectivity index (χ0) is 14.5. The van der Waals surface area contributed by atoms with Gasteiger partial charge in [-0.05, 0) is 11.9 Å². The maximum atomic E-state index is 11.7. The molecule has 0 saturated heterocycles. The summed E-state index contributed by atoms with van der Waals surface area (Å²) in [6.07, 6.45) is 0. The SMILES string of the molecule is O=C(NCCO)C(=O)N(CCO)SCCOCCO. The van der Waals surface area contributed by atoms with Crippen molar-refractivity contribution in [3.8, 4) is 0 Å². The first-order valence-corrected chi connectivity index (χ1v) is 6.74. The van der Waals surface area contributed by atoms with E-state index in [1.165, 1.54) is 0 Å². The minimum Gasteiger partial charge on any atom is -0.395 e. The Balaban J connectivity index is 4.07. The van der Waals surface area contributed by atoms with E-state index in [2.05, 4.69) is 5.32 Å². The number of carbonyl (C=O) groups is 2. The van der Waals surface area contributed by atoms with Gasteiger partial charge in [0.15, 0.2) is 0 Å². The van der Waals surface area contributed by atoms with Crippen LogP contribution in [0.1, 0.15) is 0 Å². The Labute approximate surface area is 115 Å². The fraction of sp³-hybridized carbons (Fsp3) is 0.800. The molecule has 0 aliphatic rings. The second kappa shape index (κ2) is 12.2. The van der Waals surface area contributed by atoms with Gasteiger partial charge in [0.1, 0.15) is 0 Å². The topological polar surface area (TPSA) is 119 Å². The maximum absolute atomic E-state index is 11.7. The van der Waals surface area contributed by atoms with Gasteiger partial charge in [0.25, 0.3) is 0 Å². The van der Waals surface area contributed by atoms with Gasteiger partial charge in [0, 0.05) is 12.3 Å². The lowest BCUT2D eigenvalue weighted by atomic mass is 10.5. The van der Waals surface area contributed by atoms with Crippen molar-refractivity contribution in [3.05, 3.63) is 0 Å². The summed E-state index contributed by atoms with van der Waals surface area (Å²) in [7, 11) is 0. The summed E-state index contributed by atoms with van der Waals surface area (Å²) in [5.74, 6) is -1.19. The van der Waals surface area contributed by atoms with E-state index in [1.54, 1.807) is 0 Å². The van der Waals surface area contributed by atoms with Gasteiger partial charge in [-0.2, -0.15) is 0 Å². The molecule has 0 spiro atoms. The highest BCUT2D eigenvalue weighted by Gasteiger charge is 2.21. The third-order valence-electron chi connectivity index (χ3n) is 1.83. The van der Waals surface area contributed by atoms with E-state index in [0.717, 1.165) is 16.3 Å². The molecule has 0 aliphatic carbocycles. The van der Waals surface area contributed by atoms with Gasteiger partial charge in [0.05, 0.1) is 39.6 Å². The molecule has 0 aliphatic heterocycles. The molecule has 0 aromatic carbocycles. The second-order valence-corrected chi connectivity index (χ2v) is 4.39. The molecule has 2 amide bonds. The first kappa shape index (κ1) is 18.1. The molecule has 0 rings (SSSR count). The fourth-order valence-corrected chi connectivity index (χ4v) is 1.87. The Kier molecular flexibility index (Phi) is 11.6. The third kappa shape index (κ3) is 8.78. The van der Waals surface area contributed by atoms with E-state index >= 15 is 0 Å². The highest BCUT2D eigenvalue weighted by molar-refractivity contribution is 7.97. The van der Waals surface area contributed by atoms with Crippen LogP contribution in [0.15, 0.2) is 0 Å². The van der Waals surface area contributed by atoms with Gasteiger partial charge in [-0.15, -0.1) is 0 Å². The highest BCUT2D eigenvalue weighted by Crippen LogP contribution is 2.09. The third-order valence-corrected chi connectivity index (χ3v) is 2.84. The standard InChI is InChI=1S/C10H20N2O6S/c13-3-1-11-9(16)10(17)12(2-4-14)19-8-7-18-6-5-15/h13-15H,1-8H2,(H,11,16). The molecular formula is C10H20N2O6S. The second-order valence-electron chi connectivity index (χ2n) is 3.28. The largest absolute Gasteiger partial charge is 0.395 e. The summed E-state index contributed by atoms with van der Waals surface area (Å²) < 4.78 is 6.15. The zero-order valence-electron chi connectivity index (χ0n) is 10.6. The number of amides is 2. The quantitative estimate of drug-likeness (QED) is 0.201. The molecule has 0 fully saturated rings. The molecule has 0 bridgehead atoms. The summed E-state index contributed by atoms with van der Waals surface area (Å²) in [6.45, 7) is -0.0275. The highest BCUT2D eigenvalue weighted by atomic mass is 32.2. The minimum absolute atomic E-state index is 0.00180. The van der Waals surface area contributed by atoms with Crippen molar-refractivity contribution in [1.82, 2.24) is 9.62 Å². The summed E-state index contributed by atoms with van der Waals surface area (Å²) >= 11 is 1.06. The van der Waals surface area contributed by atoms with Crippen molar-refractivity contribution in [2.24, 2.45) is 0 Å². The number of nitrogens with one attached hydrogen (secondary N) is 1. The number of ether oxygens (including phenoxy) is 1. The smallest absolute Gasteiger partial charge is 0.321 e. The summed E-state index contributed by atoms with van der Waals surface area (Å²) in [4.78, 5) is 23.1. The van der Waals surface area contributed by atoms with Crippen LogP contribution in [-0.4, -0.2) is 83.3 Å². The van der Waals surface area contributed by atoms with Gasteiger partial charge in [-0.3, -0.25) is 13.9 Å². The Morgan fingerprint density at radius 1 is 1.11 bits per heavy atom. The van der Waals surface area contributed by atoms with Crippen molar-refractivity contribution in [1.29, 1.82) is 0 Å². The lowest BCUT2D eigenvalue weighted by Gasteiger charge is -2.19. The van der Waals surface area contributed by atoms with Crippen LogP contribution in [0, 0.1) is 0 Å². The van der Waals surface area contributed by atoms with Crippen LogP contribution in [0.5, 0.6) is 0 Å². The average molecular weight is 296 g/mol. The lowest BCUT2D eigenvalue weighted by molar-refractivity contribution is -0.142.